The van der Waals surface area contributed by atoms with Gasteiger partial charge in [0.25, 0.3) is 0 Å². The van der Waals surface area contributed by atoms with Crippen LogP contribution in [0.3, 0.4) is 0 Å². The Morgan fingerprint density at radius 1 is 1.23 bits per heavy atom. The molecule has 1 aromatic rings. The van der Waals surface area contributed by atoms with Crippen LogP contribution in [0.1, 0.15) is 31.7 Å². The fourth-order valence-corrected chi connectivity index (χ4v) is 4.82. The zero-order chi connectivity index (χ0) is 15.7. The van der Waals surface area contributed by atoms with Gasteiger partial charge in [0, 0.05) is 19.0 Å². The van der Waals surface area contributed by atoms with E-state index in [0.717, 1.165) is 24.8 Å². The molecule has 1 saturated heterocycles. The molecule has 0 saturated carbocycles. The minimum absolute atomic E-state index is 0.262. The third kappa shape index (κ3) is 2.77. The quantitative estimate of drug-likeness (QED) is 0.798. The monoisotopic (exact) mass is 317 g/mol. The minimum Gasteiger partial charge on any atom is -0.207 e. The Kier molecular flexibility index (Phi) is 4.24. The molecule has 1 aliphatic heterocycles. The van der Waals surface area contributed by atoms with Gasteiger partial charge in [0.05, 0.1) is 4.90 Å². The van der Waals surface area contributed by atoms with E-state index in [1.165, 1.54) is 11.1 Å². The summed E-state index contributed by atoms with van der Waals surface area (Å²) in [7, 11) is -3.39. The van der Waals surface area contributed by atoms with Crippen molar-refractivity contribution in [1.29, 1.82) is 0 Å². The summed E-state index contributed by atoms with van der Waals surface area (Å²) in [6, 6.07) is 7.14. The molecule has 0 radical (unpaired) electrons. The first-order chi connectivity index (χ1) is 10.5. The first-order valence-electron chi connectivity index (χ1n) is 7.96. The lowest BCUT2D eigenvalue weighted by atomic mass is 9.96. The maximum absolute atomic E-state index is 12.8. The lowest BCUT2D eigenvalue weighted by Gasteiger charge is -2.16. The summed E-state index contributed by atoms with van der Waals surface area (Å²) >= 11 is 0. The van der Waals surface area contributed by atoms with Gasteiger partial charge in [-0.1, -0.05) is 42.3 Å². The van der Waals surface area contributed by atoms with Crippen LogP contribution in [0.2, 0.25) is 0 Å². The number of aryl methyl sites for hydroxylation is 1. The Balaban J connectivity index is 1.92. The predicted molar refractivity (Wildman–Crippen MR) is 89.1 cm³/mol. The highest BCUT2D eigenvalue weighted by Gasteiger charge is 2.36. The molecule has 0 spiro atoms. The molecule has 0 amide bonds. The molecule has 1 aromatic carbocycles. The molecular weight excluding hydrogens is 294 g/mol. The van der Waals surface area contributed by atoms with Gasteiger partial charge in [0.2, 0.25) is 10.0 Å². The molecule has 1 unspecified atom stereocenters. The van der Waals surface area contributed by atoms with Crippen molar-refractivity contribution in [2.45, 2.75) is 38.0 Å². The number of rotatable bonds is 3. The van der Waals surface area contributed by atoms with Crippen LogP contribution in [0, 0.1) is 12.8 Å². The lowest BCUT2D eigenvalue weighted by Crippen LogP contribution is -2.28. The highest BCUT2D eigenvalue weighted by Crippen LogP contribution is 2.35. The van der Waals surface area contributed by atoms with Crippen LogP contribution in [-0.4, -0.2) is 25.8 Å². The van der Waals surface area contributed by atoms with Crippen LogP contribution >= 0.6 is 0 Å². The highest BCUT2D eigenvalue weighted by atomic mass is 32.2. The van der Waals surface area contributed by atoms with Gasteiger partial charge in [0.1, 0.15) is 0 Å². The van der Waals surface area contributed by atoms with E-state index in [-0.39, 0.29) is 5.92 Å². The topological polar surface area (TPSA) is 37.4 Å². The number of benzene rings is 1. The number of hydrogen-bond donors (Lipinski definition) is 0. The van der Waals surface area contributed by atoms with Crippen molar-refractivity contribution < 1.29 is 8.42 Å². The second kappa shape index (κ2) is 6.01. The summed E-state index contributed by atoms with van der Waals surface area (Å²) < 4.78 is 27.3. The normalized spacial score (nSPS) is 22.7. The van der Waals surface area contributed by atoms with Gasteiger partial charge in [0.15, 0.2) is 0 Å². The van der Waals surface area contributed by atoms with E-state index in [1.54, 1.807) is 16.4 Å². The van der Waals surface area contributed by atoms with Crippen molar-refractivity contribution in [3.05, 3.63) is 53.1 Å². The summed E-state index contributed by atoms with van der Waals surface area (Å²) in [5.41, 5.74) is 3.84. The van der Waals surface area contributed by atoms with E-state index in [0.29, 0.717) is 18.0 Å². The van der Waals surface area contributed by atoms with Gasteiger partial charge < -0.3 is 0 Å². The van der Waals surface area contributed by atoms with E-state index < -0.39 is 10.0 Å². The second-order valence-electron chi connectivity index (χ2n) is 6.17. The predicted octanol–water partition coefficient (Wildman–Crippen LogP) is 3.67. The average molecular weight is 317 g/mol. The van der Waals surface area contributed by atoms with Crippen LogP contribution < -0.4 is 0 Å². The van der Waals surface area contributed by atoms with Gasteiger partial charge in [-0.15, -0.1) is 0 Å². The molecule has 2 aliphatic rings. The number of allylic oxidation sites excluding steroid dienone is 2. The molecule has 1 atom stereocenters. The first kappa shape index (κ1) is 15.5. The third-order valence-corrected chi connectivity index (χ3v) is 6.54. The fourth-order valence-electron chi connectivity index (χ4n) is 3.38. The van der Waals surface area contributed by atoms with Gasteiger partial charge in [-0.2, -0.15) is 4.31 Å². The first-order valence-corrected chi connectivity index (χ1v) is 9.40. The maximum atomic E-state index is 12.8. The Labute approximate surface area is 133 Å². The van der Waals surface area contributed by atoms with Crippen molar-refractivity contribution in [3.8, 4) is 0 Å². The van der Waals surface area contributed by atoms with Crippen LogP contribution in [0.15, 0.2) is 52.5 Å². The minimum atomic E-state index is -3.39. The second-order valence-corrected chi connectivity index (χ2v) is 8.10. The molecule has 4 heteroatoms. The molecule has 0 N–H and O–H groups in total. The smallest absolute Gasteiger partial charge is 0.207 e. The van der Waals surface area contributed by atoms with Crippen LogP contribution in [-0.2, 0) is 10.0 Å². The Morgan fingerprint density at radius 2 is 1.95 bits per heavy atom. The zero-order valence-electron chi connectivity index (χ0n) is 13.2. The van der Waals surface area contributed by atoms with Crippen LogP contribution in [0.5, 0.6) is 0 Å². The van der Waals surface area contributed by atoms with Crippen LogP contribution in [0.25, 0.3) is 0 Å². The maximum Gasteiger partial charge on any atom is 0.243 e. The zero-order valence-corrected chi connectivity index (χ0v) is 14.1. The molecular formula is C18H23NO2S. The molecule has 1 fully saturated rings. The van der Waals surface area contributed by atoms with Crippen molar-refractivity contribution in [2.75, 3.05) is 13.1 Å². The number of sulfonamides is 1. The summed E-state index contributed by atoms with van der Waals surface area (Å²) in [5.74, 6) is 0.262. The van der Waals surface area contributed by atoms with E-state index >= 15 is 0 Å². The molecule has 3 nitrogen and oxygen atoms in total. The fraction of sp³-hybridized carbons (Fsp3) is 0.444. The Bertz CT molecular complexity index is 714. The van der Waals surface area contributed by atoms with E-state index in [9.17, 15) is 8.42 Å². The molecule has 1 heterocycles. The van der Waals surface area contributed by atoms with Gasteiger partial charge in [-0.25, -0.2) is 8.42 Å². The standard InChI is InChI=1S/C18H23NO2S/c1-3-15-6-4-5-7-16-12-19(13-18(15)16)22(20,21)17-10-8-14(2)9-11-17/h5,7-11,16H,3-4,6,12-13H2,1-2H3. The summed E-state index contributed by atoms with van der Waals surface area (Å²) in [4.78, 5) is 0.400. The van der Waals surface area contributed by atoms with Crippen molar-refractivity contribution >= 4 is 10.0 Å². The van der Waals surface area contributed by atoms with Crippen molar-refractivity contribution in [3.63, 3.8) is 0 Å². The number of nitrogens with zero attached hydrogens (tertiary/aromatic N) is 1. The van der Waals surface area contributed by atoms with E-state index in [1.807, 2.05) is 19.1 Å². The molecule has 0 aromatic heterocycles. The molecule has 0 bridgehead atoms. The summed E-state index contributed by atoms with van der Waals surface area (Å²) in [6.07, 6.45) is 7.56. The van der Waals surface area contributed by atoms with Gasteiger partial charge in [-0.3, -0.25) is 0 Å². The van der Waals surface area contributed by atoms with Crippen LogP contribution in [0.4, 0.5) is 0 Å². The van der Waals surface area contributed by atoms with Crippen molar-refractivity contribution in [2.24, 2.45) is 5.92 Å². The van der Waals surface area contributed by atoms with Gasteiger partial charge >= 0.3 is 0 Å². The Hall–Kier alpha value is -1.39. The molecule has 118 valence electrons. The number of fused-ring (bicyclic) bond motifs is 1. The number of hydrogen-bond acceptors (Lipinski definition) is 2. The van der Waals surface area contributed by atoms with Crippen molar-refractivity contribution in [1.82, 2.24) is 4.31 Å². The Morgan fingerprint density at radius 3 is 2.64 bits per heavy atom. The highest BCUT2D eigenvalue weighted by molar-refractivity contribution is 7.89. The largest absolute Gasteiger partial charge is 0.243 e. The molecule has 3 rings (SSSR count). The lowest BCUT2D eigenvalue weighted by molar-refractivity contribution is 0.471. The molecule has 22 heavy (non-hydrogen) atoms. The molecule has 1 aliphatic carbocycles. The summed E-state index contributed by atoms with van der Waals surface area (Å²) in [6.45, 7) is 5.26. The summed E-state index contributed by atoms with van der Waals surface area (Å²) in [5, 5.41) is 0. The van der Waals surface area contributed by atoms with E-state index in [4.69, 9.17) is 0 Å². The van der Waals surface area contributed by atoms with Gasteiger partial charge in [-0.05, 0) is 43.9 Å². The third-order valence-electron chi connectivity index (χ3n) is 4.72. The SMILES string of the molecule is CCC1=C2CN(S(=O)(=O)c3ccc(C)cc3)CC2C=CCC1. The average Bonchev–Trinajstić information content (AvgIpc) is 2.84. The van der Waals surface area contributed by atoms with E-state index in [2.05, 4.69) is 19.1 Å².